The average Bonchev–Trinajstić information content (AvgIpc) is 2.79. The number of carbonyl (C=O) groups is 2. The monoisotopic (exact) mass is 362 g/mol. The minimum atomic E-state index is -1.27. The van der Waals surface area contributed by atoms with Crippen LogP contribution in [0.2, 0.25) is 0 Å². The third-order valence-corrected chi connectivity index (χ3v) is 5.20. The van der Waals surface area contributed by atoms with E-state index in [2.05, 4.69) is 13.8 Å². The van der Waals surface area contributed by atoms with E-state index >= 15 is 0 Å². The predicted octanol–water partition coefficient (Wildman–Crippen LogP) is 2.93. The largest absolute Gasteiger partial charge is 0.548 e. The van der Waals surface area contributed by atoms with Crippen LogP contribution in [0.25, 0.3) is 6.08 Å². The van der Waals surface area contributed by atoms with Crippen LogP contribution in [-0.4, -0.2) is 27.1 Å². The Morgan fingerprint density at radius 3 is 2.46 bits per heavy atom. The Labute approximate surface area is 151 Å². The number of carbonyl (C=O) groups excluding carboxylic acids is 2. The molecule has 0 aliphatic carbocycles. The Morgan fingerprint density at radius 2 is 1.96 bits per heavy atom. The highest BCUT2D eigenvalue weighted by molar-refractivity contribution is 8.26. The van der Waals surface area contributed by atoms with Crippen molar-refractivity contribution < 1.29 is 14.7 Å². The van der Waals surface area contributed by atoms with Gasteiger partial charge in [0, 0.05) is 0 Å². The van der Waals surface area contributed by atoms with Crippen LogP contribution in [0.15, 0.2) is 29.2 Å². The summed E-state index contributed by atoms with van der Waals surface area (Å²) in [6.07, 6.45) is 2.71. The molecule has 1 amide bonds. The van der Waals surface area contributed by atoms with Crippen LogP contribution in [0.4, 0.5) is 0 Å². The lowest BCUT2D eigenvalue weighted by molar-refractivity contribution is -0.310. The van der Waals surface area contributed by atoms with E-state index in [1.807, 2.05) is 31.2 Å². The third-order valence-electron chi connectivity index (χ3n) is 3.87. The van der Waals surface area contributed by atoms with Crippen LogP contribution in [0, 0.1) is 0 Å². The molecule has 1 saturated heterocycles. The first kappa shape index (κ1) is 18.7. The van der Waals surface area contributed by atoms with Crippen LogP contribution < -0.4 is 5.11 Å². The van der Waals surface area contributed by atoms with Crippen LogP contribution >= 0.6 is 24.0 Å². The molecule has 0 radical (unpaired) electrons. The van der Waals surface area contributed by atoms with E-state index in [4.69, 9.17) is 12.2 Å². The zero-order valence-electron chi connectivity index (χ0n) is 13.9. The molecule has 1 atom stereocenters. The third kappa shape index (κ3) is 4.05. The van der Waals surface area contributed by atoms with Crippen molar-refractivity contribution in [3.05, 3.63) is 40.3 Å². The summed E-state index contributed by atoms with van der Waals surface area (Å²) in [5.74, 6) is -1.19. The molecule has 0 spiro atoms. The van der Waals surface area contributed by atoms with Gasteiger partial charge >= 0.3 is 0 Å². The van der Waals surface area contributed by atoms with Crippen LogP contribution in [0.1, 0.15) is 50.7 Å². The van der Waals surface area contributed by atoms with Gasteiger partial charge < -0.3 is 9.90 Å². The number of thioether (sulfide) groups is 1. The SMILES string of the molecule is CCC[C@@H](C(=O)[O-])N1C(=O)/C(=C/c2ccc(C(C)C)cc2)SC1=S. The summed E-state index contributed by atoms with van der Waals surface area (Å²) in [5.41, 5.74) is 2.11. The lowest BCUT2D eigenvalue weighted by atomic mass is 10.0. The average molecular weight is 362 g/mol. The minimum Gasteiger partial charge on any atom is -0.548 e. The summed E-state index contributed by atoms with van der Waals surface area (Å²) in [7, 11) is 0. The van der Waals surface area contributed by atoms with E-state index in [1.54, 1.807) is 6.08 Å². The van der Waals surface area contributed by atoms with Crippen molar-refractivity contribution in [3.8, 4) is 0 Å². The molecular formula is C18H20NO3S2-. The Morgan fingerprint density at radius 1 is 1.33 bits per heavy atom. The molecule has 0 N–H and O–H groups in total. The molecule has 1 heterocycles. The second kappa shape index (κ2) is 7.94. The molecular weight excluding hydrogens is 342 g/mol. The van der Waals surface area contributed by atoms with E-state index < -0.39 is 12.0 Å². The Bertz CT molecular complexity index is 680. The molecule has 4 nitrogen and oxygen atoms in total. The fourth-order valence-electron chi connectivity index (χ4n) is 2.50. The number of carboxylic acid groups (broad SMARTS) is 1. The predicted molar refractivity (Wildman–Crippen MR) is 99.2 cm³/mol. The zero-order chi connectivity index (χ0) is 17.9. The molecule has 128 valence electrons. The summed E-state index contributed by atoms with van der Waals surface area (Å²) in [6.45, 7) is 6.10. The van der Waals surface area contributed by atoms with Crippen molar-refractivity contribution in [1.82, 2.24) is 4.90 Å². The second-order valence-corrected chi connectivity index (χ2v) is 7.67. The molecule has 0 saturated carbocycles. The molecule has 1 aliphatic heterocycles. The molecule has 1 aromatic carbocycles. The number of amides is 1. The topological polar surface area (TPSA) is 60.4 Å². The Hall–Kier alpha value is -1.66. The van der Waals surface area contributed by atoms with Crippen molar-refractivity contribution in [2.24, 2.45) is 0 Å². The Kier molecular flexibility index (Phi) is 6.18. The maximum absolute atomic E-state index is 12.6. The normalized spacial score (nSPS) is 17.8. The molecule has 24 heavy (non-hydrogen) atoms. The van der Waals surface area contributed by atoms with Crippen LogP contribution in [0.5, 0.6) is 0 Å². The van der Waals surface area contributed by atoms with Crippen molar-refractivity contribution in [1.29, 1.82) is 0 Å². The molecule has 1 aromatic rings. The van der Waals surface area contributed by atoms with Gasteiger partial charge in [-0.05, 0) is 29.5 Å². The Balaban J connectivity index is 2.25. The molecule has 6 heteroatoms. The zero-order valence-corrected chi connectivity index (χ0v) is 15.6. The van der Waals surface area contributed by atoms with E-state index in [0.717, 1.165) is 17.3 Å². The second-order valence-electron chi connectivity index (χ2n) is 6.00. The number of aliphatic carboxylic acids is 1. The first-order chi connectivity index (χ1) is 11.3. The number of nitrogens with zero attached hydrogens (tertiary/aromatic N) is 1. The molecule has 1 fully saturated rings. The number of thiocarbonyl (C=S) groups is 1. The number of carboxylic acids is 1. The maximum atomic E-state index is 12.6. The van der Waals surface area contributed by atoms with Crippen molar-refractivity contribution in [2.75, 3.05) is 0 Å². The van der Waals surface area contributed by atoms with Crippen molar-refractivity contribution in [2.45, 2.75) is 45.6 Å². The summed E-state index contributed by atoms with van der Waals surface area (Å²) >= 11 is 6.35. The van der Waals surface area contributed by atoms with Gasteiger partial charge in [0.25, 0.3) is 5.91 Å². The van der Waals surface area contributed by atoms with Gasteiger partial charge in [0.1, 0.15) is 4.32 Å². The standard InChI is InChI=1S/C18H21NO3S2/c1-4-5-14(17(21)22)19-16(20)15(24-18(19)23)10-12-6-8-13(9-7-12)11(2)3/h6-11,14H,4-5H2,1-3H3,(H,21,22)/p-1/b15-10-/t14-/m0/s1. The van der Waals surface area contributed by atoms with Gasteiger partial charge in [0.05, 0.1) is 16.9 Å². The van der Waals surface area contributed by atoms with E-state index in [-0.39, 0.29) is 10.2 Å². The molecule has 0 unspecified atom stereocenters. The van der Waals surface area contributed by atoms with Gasteiger partial charge in [-0.3, -0.25) is 9.69 Å². The van der Waals surface area contributed by atoms with Crippen LogP contribution in [0.3, 0.4) is 0 Å². The lowest BCUT2D eigenvalue weighted by Gasteiger charge is -2.27. The van der Waals surface area contributed by atoms with Crippen molar-refractivity contribution >= 4 is 46.3 Å². The van der Waals surface area contributed by atoms with Gasteiger partial charge in [-0.15, -0.1) is 0 Å². The van der Waals surface area contributed by atoms with Crippen LogP contribution in [-0.2, 0) is 9.59 Å². The van der Waals surface area contributed by atoms with Gasteiger partial charge in [-0.1, -0.05) is 75.4 Å². The summed E-state index contributed by atoms with van der Waals surface area (Å²) in [4.78, 5) is 25.5. The fourth-order valence-corrected chi connectivity index (χ4v) is 3.86. The number of hydrogen-bond acceptors (Lipinski definition) is 5. The molecule has 1 aliphatic rings. The molecule has 0 bridgehead atoms. The minimum absolute atomic E-state index is 0.271. The first-order valence-corrected chi connectivity index (χ1v) is 9.15. The summed E-state index contributed by atoms with van der Waals surface area (Å²) < 4.78 is 0.271. The number of hydrogen-bond donors (Lipinski definition) is 0. The van der Waals surface area contributed by atoms with E-state index in [0.29, 0.717) is 23.7 Å². The van der Waals surface area contributed by atoms with Gasteiger partial charge in [0.15, 0.2) is 0 Å². The first-order valence-electron chi connectivity index (χ1n) is 7.93. The van der Waals surface area contributed by atoms with Gasteiger partial charge in [-0.2, -0.15) is 0 Å². The highest BCUT2D eigenvalue weighted by Crippen LogP contribution is 2.34. The summed E-state index contributed by atoms with van der Waals surface area (Å²) in [5, 5.41) is 11.3. The number of benzene rings is 1. The smallest absolute Gasteiger partial charge is 0.266 e. The lowest BCUT2D eigenvalue weighted by Crippen LogP contribution is -2.49. The fraction of sp³-hybridized carbons (Fsp3) is 0.389. The van der Waals surface area contributed by atoms with Crippen molar-refractivity contribution in [3.63, 3.8) is 0 Å². The number of rotatable bonds is 6. The molecule has 0 aromatic heterocycles. The highest BCUT2D eigenvalue weighted by Gasteiger charge is 2.37. The van der Waals surface area contributed by atoms with Gasteiger partial charge in [0.2, 0.25) is 0 Å². The molecule has 2 rings (SSSR count). The maximum Gasteiger partial charge on any atom is 0.266 e. The summed E-state index contributed by atoms with van der Waals surface area (Å²) in [6, 6.07) is 6.95. The van der Waals surface area contributed by atoms with Gasteiger partial charge in [-0.25, -0.2) is 0 Å². The quantitative estimate of drug-likeness (QED) is 0.575. The van der Waals surface area contributed by atoms with E-state index in [9.17, 15) is 14.7 Å². The van der Waals surface area contributed by atoms with E-state index in [1.165, 1.54) is 10.5 Å². The highest BCUT2D eigenvalue weighted by atomic mass is 32.2.